The number of amides is 1. The van der Waals surface area contributed by atoms with Crippen LogP contribution in [-0.2, 0) is 0 Å². The summed E-state index contributed by atoms with van der Waals surface area (Å²) < 4.78 is 0. The Morgan fingerprint density at radius 1 is 1.38 bits per heavy atom. The number of nitrogens with two attached hydrogens (primary N) is 1. The quantitative estimate of drug-likeness (QED) is 0.874. The molecule has 88 valence electrons. The van der Waals surface area contributed by atoms with Gasteiger partial charge in [0.1, 0.15) is 0 Å². The zero-order chi connectivity index (χ0) is 12.1. The Kier molecular flexibility index (Phi) is 5.06. The molecule has 0 spiro atoms. The highest BCUT2D eigenvalue weighted by atomic mass is 35.5. The van der Waals surface area contributed by atoms with Gasteiger partial charge in [0.05, 0.1) is 0 Å². The summed E-state index contributed by atoms with van der Waals surface area (Å²) in [6.07, 6.45) is 0.736. The Hall–Kier alpha value is -0.770. The van der Waals surface area contributed by atoms with Crippen LogP contribution in [0.1, 0.15) is 23.7 Å². The first-order valence-corrected chi connectivity index (χ1v) is 5.74. The monoisotopic (exact) mass is 260 g/mol. The van der Waals surface area contributed by atoms with Crippen molar-refractivity contribution in [2.24, 2.45) is 5.73 Å². The number of halogens is 2. The predicted octanol–water partition coefficient (Wildman–Crippen LogP) is 2.46. The van der Waals surface area contributed by atoms with Gasteiger partial charge in [-0.15, -0.1) is 0 Å². The van der Waals surface area contributed by atoms with Crippen LogP contribution in [0.5, 0.6) is 0 Å². The molecule has 1 amide bonds. The van der Waals surface area contributed by atoms with Gasteiger partial charge < -0.3 is 11.1 Å². The van der Waals surface area contributed by atoms with Crippen molar-refractivity contribution in [1.82, 2.24) is 5.32 Å². The largest absolute Gasteiger partial charge is 0.352 e. The van der Waals surface area contributed by atoms with Crippen LogP contribution in [0.25, 0.3) is 0 Å². The van der Waals surface area contributed by atoms with Gasteiger partial charge in [-0.2, -0.15) is 0 Å². The van der Waals surface area contributed by atoms with E-state index in [1.807, 2.05) is 6.92 Å². The van der Waals surface area contributed by atoms with E-state index in [2.05, 4.69) is 5.32 Å². The van der Waals surface area contributed by atoms with Gasteiger partial charge in [0.15, 0.2) is 0 Å². The summed E-state index contributed by atoms with van der Waals surface area (Å²) in [4.78, 5) is 11.7. The fourth-order valence-corrected chi connectivity index (χ4v) is 1.73. The second-order valence-electron chi connectivity index (χ2n) is 3.68. The van der Waals surface area contributed by atoms with Crippen molar-refractivity contribution in [2.75, 3.05) is 6.54 Å². The lowest BCUT2D eigenvalue weighted by atomic mass is 10.2. The smallest absolute Gasteiger partial charge is 0.251 e. The summed E-state index contributed by atoms with van der Waals surface area (Å²) in [5.74, 6) is -0.190. The van der Waals surface area contributed by atoms with Gasteiger partial charge in [0.2, 0.25) is 0 Å². The minimum atomic E-state index is -0.190. The first kappa shape index (κ1) is 13.3. The topological polar surface area (TPSA) is 55.1 Å². The van der Waals surface area contributed by atoms with Crippen LogP contribution >= 0.6 is 23.2 Å². The van der Waals surface area contributed by atoms with E-state index in [9.17, 15) is 4.79 Å². The molecule has 0 aliphatic heterocycles. The number of nitrogens with one attached hydrogen (secondary N) is 1. The molecule has 0 heterocycles. The van der Waals surface area contributed by atoms with Crippen molar-refractivity contribution >= 4 is 29.1 Å². The summed E-state index contributed by atoms with van der Waals surface area (Å²) in [5.41, 5.74) is 6.03. The second kappa shape index (κ2) is 6.09. The highest BCUT2D eigenvalue weighted by molar-refractivity contribution is 6.35. The number of rotatable bonds is 4. The lowest BCUT2D eigenvalue weighted by Crippen LogP contribution is -2.28. The van der Waals surface area contributed by atoms with Gasteiger partial charge in [-0.1, -0.05) is 23.2 Å². The highest BCUT2D eigenvalue weighted by Gasteiger charge is 2.07. The van der Waals surface area contributed by atoms with Gasteiger partial charge in [-0.25, -0.2) is 0 Å². The summed E-state index contributed by atoms with van der Waals surface area (Å²) in [6, 6.07) is 4.81. The minimum Gasteiger partial charge on any atom is -0.352 e. The molecule has 0 saturated heterocycles. The maximum Gasteiger partial charge on any atom is 0.251 e. The van der Waals surface area contributed by atoms with Crippen LogP contribution in [0.15, 0.2) is 18.2 Å². The minimum absolute atomic E-state index is 0.0725. The molecule has 3 N–H and O–H groups in total. The van der Waals surface area contributed by atoms with E-state index in [1.54, 1.807) is 18.2 Å². The van der Waals surface area contributed by atoms with Crippen molar-refractivity contribution in [3.63, 3.8) is 0 Å². The van der Waals surface area contributed by atoms with E-state index in [4.69, 9.17) is 28.9 Å². The van der Waals surface area contributed by atoms with Crippen LogP contribution in [0.4, 0.5) is 0 Å². The van der Waals surface area contributed by atoms with E-state index in [1.165, 1.54) is 0 Å². The van der Waals surface area contributed by atoms with E-state index in [-0.39, 0.29) is 11.9 Å². The number of benzene rings is 1. The molecule has 0 saturated carbocycles. The fraction of sp³-hybridized carbons (Fsp3) is 0.364. The van der Waals surface area contributed by atoms with Crippen molar-refractivity contribution < 1.29 is 4.79 Å². The average molecular weight is 261 g/mol. The number of hydrogen-bond donors (Lipinski definition) is 2. The Balaban J connectivity index is 2.59. The SMILES string of the molecule is CC(N)CCNC(=O)c1cc(Cl)cc(Cl)c1. The summed E-state index contributed by atoms with van der Waals surface area (Å²) in [7, 11) is 0. The molecule has 3 nitrogen and oxygen atoms in total. The van der Waals surface area contributed by atoms with Gasteiger partial charge >= 0.3 is 0 Å². The second-order valence-corrected chi connectivity index (χ2v) is 4.55. The molecular formula is C11H14Cl2N2O. The molecule has 0 fully saturated rings. The summed E-state index contributed by atoms with van der Waals surface area (Å²) >= 11 is 11.6. The van der Waals surface area contributed by atoms with Crippen molar-refractivity contribution in [1.29, 1.82) is 0 Å². The van der Waals surface area contributed by atoms with E-state index in [0.717, 1.165) is 6.42 Å². The third kappa shape index (κ3) is 4.39. The third-order valence-electron chi connectivity index (χ3n) is 2.01. The van der Waals surface area contributed by atoms with Gasteiger partial charge in [0.25, 0.3) is 5.91 Å². The Bertz CT molecular complexity index is 360. The van der Waals surface area contributed by atoms with Gasteiger partial charge in [-0.3, -0.25) is 4.79 Å². The number of carbonyl (C=O) groups excluding carboxylic acids is 1. The molecule has 1 aromatic rings. The normalized spacial score (nSPS) is 12.2. The predicted molar refractivity (Wildman–Crippen MR) is 67.1 cm³/mol. The lowest BCUT2D eigenvalue weighted by Gasteiger charge is -2.07. The third-order valence-corrected chi connectivity index (χ3v) is 2.45. The molecule has 1 unspecified atom stereocenters. The molecule has 5 heteroatoms. The maximum absolute atomic E-state index is 11.7. The first-order valence-electron chi connectivity index (χ1n) is 4.99. The average Bonchev–Trinajstić information content (AvgIpc) is 2.15. The summed E-state index contributed by atoms with van der Waals surface area (Å²) in [5, 5.41) is 3.65. The van der Waals surface area contributed by atoms with E-state index in [0.29, 0.717) is 22.2 Å². The molecule has 0 aliphatic carbocycles. The molecule has 0 aliphatic rings. The van der Waals surface area contributed by atoms with Crippen LogP contribution in [-0.4, -0.2) is 18.5 Å². The van der Waals surface area contributed by atoms with Crippen LogP contribution in [0.3, 0.4) is 0 Å². The number of hydrogen-bond acceptors (Lipinski definition) is 2. The maximum atomic E-state index is 11.7. The Morgan fingerprint density at radius 2 is 1.94 bits per heavy atom. The number of carbonyl (C=O) groups is 1. The molecule has 1 aromatic carbocycles. The van der Waals surface area contributed by atoms with Crippen molar-refractivity contribution in [2.45, 2.75) is 19.4 Å². The molecule has 16 heavy (non-hydrogen) atoms. The zero-order valence-electron chi connectivity index (χ0n) is 8.97. The molecule has 0 radical (unpaired) electrons. The van der Waals surface area contributed by atoms with Gasteiger partial charge in [0, 0.05) is 28.2 Å². The molecule has 1 atom stereocenters. The molecule has 0 aromatic heterocycles. The fourth-order valence-electron chi connectivity index (χ4n) is 1.20. The summed E-state index contributed by atoms with van der Waals surface area (Å²) in [6.45, 7) is 2.43. The molecule has 0 bridgehead atoms. The van der Waals surface area contributed by atoms with Crippen LogP contribution < -0.4 is 11.1 Å². The first-order chi connectivity index (χ1) is 7.49. The van der Waals surface area contributed by atoms with Crippen molar-refractivity contribution in [3.8, 4) is 0 Å². The highest BCUT2D eigenvalue weighted by Crippen LogP contribution is 2.18. The van der Waals surface area contributed by atoms with Crippen molar-refractivity contribution in [3.05, 3.63) is 33.8 Å². The van der Waals surface area contributed by atoms with Crippen LogP contribution in [0.2, 0.25) is 10.0 Å². The molecular weight excluding hydrogens is 247 g/mol. The zero-order valence-corrected chi connectivity index (χ0v) is 10.5. The Morgan fingerprint density at radius 3 is 2.44 bits per heavy atom. The lowest BCUT2D eigenvalue weighted by molar-refractivity contribution is 0.0953. The standard InChI is InChI=1S/C11H14Cl2N2O/c1-7(14)2-3-15-11(16)8-4-9(12)6-10(13)5-8/h4-7H,2-3,14H2,1H3,(H,15,16). The van der Waals surface area contributed by atoms with Gasteiger partial charge in [-0.05, 0) is 31.5 Å². The molecule has 1 rings (SSSR count). The van der Waals surface area contributed by atoms with Crippen LogP contribution in [0, 0.1) is 0 Å². The Labute approximate surface area is 105 Å². The van der Waals surface area contributed by atoms with E-state index >= 15 is 0 Å². The van der Waals surface area contributed by atoms with E-state index < -0.39 is 0 Å².